The Morgan fingerprint density at radius 3 is 2.71 bits per heavy atom. The highest BCUT2D eigenvalue weighted by Crippen LogP contribution is 2.27. The average Bonchev–Trinajstić information content (AvgIpc) is 2.93. The molecule has 0 radical (unpaired) electrons. The molecule has 1 N–H and O–H groups in total. The summed E-state index contributed by atoms with van der Waals surface area (Å²) in [5.41, 5.74) is 1.40. The first-order valence-corrected chi connectivity index (χ1v) is 7.42. The zero-order valence-electron chi connectivity index (χ0n) is 12.2. The molecule has 0 aliphatic carbocycles. The summed E-state index contributed by atoms with van der Waals surface area (Å²) in [6, 6.07) is 9.25. The van der Waals surface area contributed by atoms with Crippen LogP contribution in [0.5, 0.6) is 0 Å². The number of aromatic nitrogens is 2. The largest absolute Gasteiger partial charge is 0.481 e. The van der Waals surface area contributed by atoms with Gasteiger partial charge in [-0.3, -0.25) is 9.48 Å². The molecule has 0 spiro atoms. The molecule has 2 unspecified atom stereocenters. The summed E-state index contributed by atoms with van der Waals surface area (Å²) < 4.78 is 1.88. The first kappa shape index (κ1) is 15.6. The van der Waals surface area contributed by atoms with E-state index in [1.54, 1.807) is 24.3 Å². The van der Waals surface area contributed by atoms with Crippen LogP contribution < -0.4 is 0 Å². The quantitative estimate of drug-likeness (QED) is 0.880. The minimum Gasteiger partial charge on any atom is -0.481 e. The molecule has 5 heteroatoms. The van der Waals surface area contributed by atoms with Crippen LogP contribution in [0, 0.1) is 0 Å². The number of halogens is 1. The predicted octanol–water partition coefficient (Wildman–Crippen LogP) is 3.92. The van der Waals surface area contributed by atoms with Crippen LogP contribution in [0.3, 0.4) is 0 Å². The maximum Gasteiger partial charge on any atom is 0.311 e. The van der Waals surface area contributed by atoms with Crippen molar-refractivity contribution in [2.45, 2.75) is 38.6 Å². The number of carboxylic acids is 1. The lowest BCUT2D eigenvalue weighted by atomic mass is 9.94. The van der Waals surface area contributed by atoms with Crippen LogP contribution in [0.2, 0.25) is 5.02 Å². The highest BCUT2D eigenvalue weighted by atomic mass is 35.5. The van der Waals surface area contributed by atoms with Gasteiger partial charge >= 0.3 is 5.97 Å². The van der Waals surface area contributed by atoms with Crippen LogP contribution in [0.1, 0.15) is 43.5 Å². The number of nitrogens with zero attached hydrogens (tertiary/aromatic N) is 2. The van der Waals surface area contributed by atoms with Crippen molar-refractivity contribution in [1.82, 2.24) is 9.78 Å². The number of carbonyl (C=O) groups is 1. The molecule has 1 heterocycles. The fourth-order valence-electron chi connectivity index (χ4n) is 2.22. The molecule has 1 aromatic carbocycles. The molecule has 0 fully saturated rings. The molecule has 21 heavy (non-hydrogen) atoms. The van der Waals surface area contributed by atoms with Gasteiger partial charge < -0.3 is 5.11 Å². The third-order valence-electron chi connectivity index (χ3n) is 3.70. The van der Waals surface area contributed by atoms with E-state index in [2.05, 4.69) is 18.9 Å². The summed E-state index contributed by atoms with van der Waals surface area (Å²) in [5.74, 6) is -1.57. The Hall–Kier alpha value is -1.81. The molecule has 0 aliphatic rings. The van der Waals surface area contributed by atoms with Crippen molar-refractivity contribution in [3.63, 3.8) is 0 Å². The maximum atomic E-state index is 11.6. The van der Waals surface area contributed by atoms with Crippen LogP contribution in [-0.2, 0) is 11.2 Å². The van der Waals surface area contributed by atoms with Crippen molar-refractivity contribution in [1.29, 1.82) is 0 Å². The van der Waals surface area contributed by atoms with Crippen molar-refractivity contribution < 1.29 is 9.90 Å². The van der Waals surface area contributed by atoms with Crippen LogP contribution in [-0.4, -0.2) is 20.9 Å². The minimum absolute atomic E-state index is 0.308. The molecular formula is C16H19ClN2O2. The van der Waals surface area contributed by atoms with E-state index in [1.807, 2.05) is 16.9 Å². The molecule has 2 atom stereocenters. The highest BCUT2D eigenvalue weighted by Gasteiger charge is 2.23. The average molecular weight is 307 g/mol. The molecule has 2 aromatic rings. The van der Waals surface area contributed by atoms with Crippen LogP contribution in [0.25, 0.3) is 0 Å². The summed E-state index contributed by atoms with van der Waals surface area (Å²) in [6.45, 7) is 4.18. The van der Waals surface area contributed by atoms with Crippen molar-refractivity contribution in [3.8, 4) is 0 Å². The van der Waals surface area contributed by atoms with Gasteiger partial charge in [0, 0.05) is 23.7 Å². The Morgan fingerprint density at radius 2 is 2.10 bits per heavy atom. The summed E-state index contributed by atoms with van der Waals surface area (Å²) >= 11 is 6.12. The van der Waals surface area contributed by atoms with E-state index >= 15 is 0 Å². The Kier molecular flexibility index (Phi) is 5.02. The van der Waals surface area contributed by atoms with Crippen molar-refractivity contribution >= 4 is 17.6 Å². The van der Waals surface area contributed by atoms with E-state index in [4.69, 9.17) is 11.6 Å². The number of hydrogen-bond acceptors (Lipinski definition) is 2. The van der Waals surface area contributed by atoms with Gasteiger partial charge in [0.05, 0.1) is 11.6 Å². The van der Waals surface area contributed by atoms with Gasteiger partial charge in [0.1, 0.15) is 0 Å². The Balaban J connectivity index is 2.23. The molecule has 0 aliphatic heterocycles. The smallest absolute Gasteiger partial charge is 0.311 e. The summed E-state index contributed by atoms with van der Waals surface area (Å²) in [5, 5.41) is 14.4. The third-order valence-corrected chi connectivity index (χ3v) is 4.04. The molecule has 0 amide bonds. The molecule has 2 rings (SSSR count). The van der Waals surface area contributed by atoms with E-state index < -0.39 is 11.9 Å². The fourth-order valence-corrected chi connectivity index (χ4v) is 2.48. The fraction of sp³-hybridized carbons (Fsp3) is 0.375. The van der Waals surface area contributed by atoms with Gasteiger partial charge in [0.2, 0.25) is 0 Å². The highest BCUT2D eigenvalue weighted by molar-refractivity contribution is 6.31. The number of benzene rings is 1. The molecule has 112 valence electrons. The van der Waals surface area contributed by atoms with Crippen LogP contribution in [0.15, 0.2) is 36.5 Å². The SMILES string of the molecule is CCC(C)n1ccc(CC(C(=O)O)c2ccccc2Cl)n1. The molecular weight excluding hydrogens is 288 g/mol. The predicted molar refractivity (Wildman–Crippen MR) is 82.8 cm³/mol. The zero-order valence-corrected chi connectivity index (χ0v) is 12.9. The van der Waals surface area contributed by atoms with Crippen LogP contribution in [0.4, 0.5) is 0 Å². The van der Waals surface area contributed by atoms with Gasteiger partial charge in [-0.1, -0.05) is 36.7 Å². The number of hydrogen-bond donors (Lipinski definition) is 1. The topological polar surface area (TPSA) is 55.1 Å². The van der Waals surface area contributed by atoms with E-state index in [1.165, 1.54) is 0 Å². The molecule has 1 aromatic heterocycles. The van der Waals surface area contributed by atoms with Gasteiger partial charge in [-0.2, -0.15) is 5.10 Å². The molecule has 4 nitrogen and oxygen atoms in total. The standard InChI is InChI=1S/C16H19ClN2O2/c1-3-11(2)19-9-8-12(18-19)10-14(16(20)21)13-6-4-5-7-15(13)17/h4-9,11,14H,3,10H2,1-2H3,(H,20,21). The van der Waals surface area contributed by atoms with Gasteiger partial charge in [-0.25, -0.2) is 0 Å². The van der Waals surface area contributed by atoms with Gasteiger partial charge in [-0.15, -0.1) is 0 Å². The maximum absolute atomic E-state index is 11.6. The van der Waals surface area contributed by atoms with E-state index in [0.717, 1.165) is 12.1 Å². The second-order valence-corrected chi connectivity index (χ2v) is 5.57. The Bertz CT molecular complexity index is 624. The normalized spacial score (nSPS) is 13.9. The lowest BCUT2D eigenvalue weighted by molar-refractivity contribution is -0.138. The first-order chi connectivity index (χ1) is 10.0. The number of carboxylic acid groups (broad SMARTS) is 1. The molecule has 0 bridgehead atoms. The number of rotatable bonds is 6. The third kappa shape index (κ3) is 3.64. The second kappa shape index (κ2) is 6.76. The van der Waals surface area contributed by atoms with Crippen molar-refractivity contribution in [3.05, 3.63) is 52.8 Å². The van der Waals surface area contributed by atoms with Crippen molar-refractivity contribution in [2.75, 3.05) is 0 Å². The zero-order chi connectivity index (χ0) is 15.4. The summed E-state index contributed by atoms with van der Waals surface area (Å²) in [7, 11) is 0. The number of aliphatic carboxylic acids is 1. The van der Waals surface area contributed by atoms with E-state index in [9.17, 15) is 9.90 Å². The van der Waals surface area contributed by atoms with Crippen LogP contribution >= 0.6 is 11.6 Å². The molecule has 0 saturated carbocycles. The van der Waals surface area contributed by atoms with E-state index in [0.29, 0.717) is 23.0 Å². The van der Waals surface area contributed by atoms with E-state index in [-0.39, 0.29) is 0 Å². The Labute approximate surface area is 129 Å². The summed E-state index contributed by atoms with van der Waals surface area (Å²) in [6.07, 6.45) is 3.21. The lowest BCUT2D eigenvalue weighted by Gasteiger charge is -2.13. The van der Waals surface area contributed by atoms with Gasteiger partial charge in [0.25, 0.3) is 0 Å². The first-order valence-electron chi connectivity index (χ1n) is 7.04. The van der Waals surface area contributed by atoms with Gasteiger partial charge in [0.15, 0.2) is 0 Å². The van der Waals surface area contributed by atoms with Crippen molar-refractivity contribution in [2.24, 2.45) is 0 Å². The summed E-state index contributed by atoms with van der Waals surface area (Å²) in [4.78, 5) is 11.6. The monoisotopic (exact) mass is 306 g/mol. The Morgan fingerprint density at radius 1 is 1.38 bits per heavy atom. The lowest BCUT2D eigenvalue weighted by Crippen LogP contribution is -2.15. The second-order valence-electron chi connectivity index (χ2n) is 5.16. The minimum atomic E-state index is -0.888. The molecule has 0 saturated heterocycles. The van der Waals surface area contributed by atoms with Gasteiger partial charge in [-0.05, 0) is 31.0 Å².